The molecule has 2 aromatic rings. The predicted molar refractivity (Wildman–Crippen MR) is 111 cm³/mol. The fourth-order valence-corrected chi connectivity index (χ4v) is 3.39. The van der Waals surface area contributed by atoms with Gasteiger partial charge in [0.25, 0.3) is 11.8 Å². The van der Waals surface area contributed by atoms with Gasteiger partial charge in [-0.15, -0.1) is 0 Å². The fraction of sp³-hybridized carbons (Fsp3) is 0.391. The fourth-order valence-electron chi connectivity index (χ4n) is 3.39. The molecule has 2 aromatic carbocycles. The Morgan fingerprint density at radius 3 is 2.17 bits per heavy atom. The van der Waals surface area contributed by atoms with Crippen molar-refractivity contribution in [1.29, 1.82) is 0 Å². The van der Waals surface area contributed by atoms with Gasteiger partial charge < -0.3 is 19.3 Å². The monoisotopic (exact) mass is 396 g/mol. The molecule has 0 aromatic heterocycles. The Bertz CT molecular complexity index is 835. The van der Waals surface area contributed by atoms with E-state index in [4.69, 9.17) is 9.47 Å². The minimum absolute atomic E-state index is 0.0142. The minimum atomic E-state index is -0.0657. The standard InChI is InChI=1S/C23H28N2O4/c1-3-28-19-9-11-20(12-10-19)29-17-22(26)24-13-6-14-25(16-15-24)23(27)21-8-5-4-7-18(21)2/h4-5,7-12H,3,6,13-17H2,1-2H3. The van der Waals surface area contributed by atoms with Crippen molar-refractivity contribution in [1.82, 2.24) is 9.80 Å². The molecule has 0 saturated carbocycles. The zero-order valence-electron chi connectivity index (χ0n) is 17.1. The van der Waals surface area contributed by atoms with Crippen molar-refractivity contribution in [3.63, 3.8) is 0 Å². The van der Waals surface area contributed by atoms with Crippen molar-refractivity contribution in [2.45, 2.75) is 20.3 Å². The van der Waals surface area contributed by atoms with Crippen LogP contribution in [0.5, 0.6) is 11.5 Å². The van der Waals surface area contributed by atoms with Gasteiger partial charge in [-0.25, -0.2) is 0 Å². The molecule has 0 unspecified atom stereocenters. The predicted octanol–water partition coefficient (Wildman–Crippen LogP) is 3.15. The van der Waals surface area contributed by atoms with Crippen LogP contribution in [-0.4, -0.2) is 61.0 Å². The Hall–Kier alpha value is -3.02. The molecule has 0 radical (unpaired) electrons. The molecule has 1 fully saturated rings. The maximum atomic E-state index is 12.8. The first-order valence-corrected chi connectivity index (χ1v) is 10.1. The molecule has 0 bridgehead atoms. The van der Waals surface area contributed by atoms with Crippen LogP contribution >= 0.6 is 0 Å². The maximum absolute atomic E-state index is 12.8. The lowest BCUT2D eigenvalue weighted by Crippen LogP contribution is -2.39. The van der Waals surface area contributed by atoms with E-state index < -0.39 is 0 Å². The zero-order valence-corrected chi connectivity index (χ0v) is 17.1. The number of benzene rings is 2. The number of carbonyl (C=O) groups excluding carboxylic acids is 2. The summed E-state index contributed by atoms with van der Waals surface area (Å²) >= 11 is 0. The molecule has 154 valence electrons. The lowest BCUT2D eigenvalue weighted by atomic mass is 10.1. The van der Waals surface area contributed by atoms with Crippen LogP contribution in [0.2, 0.25) is 0 Å². The van der Waals surface area contributed by atoms with Gasteiger partial charge in [0.1, 0.15) is 11.5 Å². The van der Waals surface area contributed by atoms with Crippen molar-refractivity contribution in [2.24, 2.45) is 0 Å². The lowest BCUT2D eigenvalue weighted by Gasteiger charge is -2.23. The first-order valence-electron chi connectivity index (χ1n) is 10.1. The summed E-state index contributed by atoms with van der Waals surface area (Å²) in [7, 11) is 0. The Balaban J connectivity index is 1.51. The van der Waals surface area contributed by atoms with Gasteiger partial charge in [0.05, 0.1) is 6.61 Å². The molecular formula is C23H28N2O4. The number of hydrogen-bond donors (Lipinski definition) is 0. The van der Waals surface area contributed by atoms with Crippen LogP contribution in [0.3, 0.4) is 0 Å². The van der Waals surface area contributed by atoms with Gasteiger partial charge in [0.15, 0.2) is 6.61 Å². The number of carbonyl (C=O) groups is 2. The number of aryl methyl sites for hydroxylation is 1. The summed E-state index contributed by atoms with van der Waals surface area (Å²) in [5, 5.41) is 0. The third kappa shape index (κ3) is 5.50. The molecule has 0 aliphatic carbocycles. The van der Waals surface area contributed by atoms with Crippen molar-refractivity contribution < 1.29 is 19.1 Å². The van der Waals surface area contributed by atoms with E-state index in [1.807, 2.05) is 55.1 Å². The van der Waals surface area contributed by atoms with Crippen LogP contribution in [0.15, 0.2) is 48.5 Å². The third-order valence-electron chi connectivity index (χ3n) is 5.01. The van der Waals surface area contributed by atoms with Crippen molar-refractivity contribution in [2.75, 3.05) is 39.4 Å². The number of nitrogens with zero attached hydrogens (tertiary/aromatic N) is 2. The first kappa shape index (κ1) is 20.7. The molecule has 0 N–H and O–H groups in total. The number of amides is 2. The Morgan fingerprint density at radius 2 is 1.48 bits per heavy atom. The molecule has 2 amide bonds. The Labute approximate surface area is 172 Å². The average Bonchev–Trinajstić information content (AvgIpc) is 2.99. The van der Waals surface area contributed by atoms with E-state index >= 15 is 0 Å². The molecule has 1 saturated heterocycles. The SMILES string of the molecule is CCOc1ccc(OCC(=O)N2CCCN(C(=O)c3ccccc3C)CC2)cc1. The molecule has 6 nitrogen and oxygen atoms in total. The summed E-state index contributed by atoms with van der Waals surface area (Å²) in [5.41, 5.74) is 1.70. The molecule has 3 rings (SSSR count). The number of ether oxygens (including phenoxy) is 2. The number of rotatable bonds is 6. The minimum Gasteiger partial charge on any atom is -0.494 e. The summed E-state index contributed by atoms with van der Waals surface area (Å²) in [6.45, 7) is 6.79. The molecule has 1 aliphatic rings. The van der Waals surface area contributed by atoms with E-state index in [1.54, 1.807) is 17.0 Å². The molecule has 6 heteroatoms. The Kier molecular flexibility index (Phi) is 7.11. The van der Waals surface area contributed by atoms with E-state index in [1.165, 1.54) is 0 Å². The largest absolute Gasteiger partial charge is 0.494 e. The second kappa shape index (κ2) is 9.96. The zero-order chi connectivity index (χ0) is 20.6. The van der Waals surface area contributed by atoms with Crippen LogP contribution in [0.1, 0.15) is 29.3 Å². The quantitative estimate of drug-likeness (QED) is 0.753. The Morgan fingerprint density at radius 1 is 0.862 bits per heavy atom. The molecule has 29 heavy (non-hydrogen) atoms. The van der Waals surface area contributed by atoms with Gasteiger partial charge in [0, 0.05) is 31.7 Å². The van der Waals surface area contributed by atoms with E-state index in [0.29, 0.717) is 38.5 Å². The summed E-state index contributed by atoms with van der Waals surface area (Å²) < 4.78 is 11.0. The van der Waals surface area contributed by atoms with Crippen LogP contribution in [-0.2, 0) is 4.79 Å². The first-order chi connectivity index (χ1) is 14.1. The maximum Gasteiger partial charge on any atom is 0.260 e. The lowest BCUT2D eigenvalue weighted by molar-refractivity contribution is -0.133. The molecular weight excluding hydrogens is 368 g/mol. The highest BCUT2D eigenvalue weighted by molar-refractivity contribution is 5.95. The van der Waals surface area contributed by atoms with Gasteiger partial charge in [-0.1, -0.05) is 18.2 Å². The van der Waals surface area contributed by atoms with E-state index in [0.717, 1.165) is 23.3 Å². The van der Waals surface area contributed by atoms with Crippen molar-refractivity contribution >= 4 is 11.8 Å². The van der Waals surface area contributed by atoms with E-state index in [2.05, 4.69) is 0 Å². The number of hydrogen-bond acceptors (Lipinski definition) is 4. The smallest absolute Gasteiger partial charge is 0.260 e. The summed E-state index contributed by atoms with van der Waals surface area (Å²) in [5.74, 6) is 1.37. The topological polar surface area (TPSA) is 59.1 Å². The molecule has 1 aliphatic heterocycles. The molecule has 1 heterocycles. The van der Waals surface area contributed by atoms with Crippen LogP contribution < -0.4 is 9.47 Å². The summed E-state index contributed by atoms with van der Waals surface area (Å²) in [6, 6.07) is 14.8. The van der Waals surface area contributed by atoms with Crippen molar-refractivity contribution in [3.8, 4) is 11.5 Å². The van der Waals surface area contributed by atoms with Crippen LogP contribution in [0.25, 0.3) is 0 Å². The van der Waals surface area contributed by atoms with E-state index in [-0.39, 0.29) is 18.4 Å². The van der Waals surface area contributed by atoms with Crippen molar-refractivity contribution in [3.05, 3.63) is 59.7 Å². The highest BCUT2D eigenvalue weighted by Gasteiger charge is 2.23. The molecule has 0 spiro atoms. The van der Waals surface area contributed by atoms with Gasteiger partial charge >= 0.3 is 0 Å². The third-order valence-corrected chi connectivity index (χ3v) is 5.01. The van der Waals surface area contributed by atoms with E-state index in [9.17, 15) is 9.59 Å². The van der Waals surface area contributed by atoms with Gasteiger partial charge in [-0.2, -0.15) is 0 Å². The van der Waals surface area contributed by atoms with Gasteiger partial charge in [0.2, 0.25) is 0 Å². The normalized spacial score (nSPS) is 14.3. The second-order valence-corrected chi connectivity index (χ2v) is 7.03. The average molecular weight is 396 g/mol. The summed E-state index contributed by atoms with van der Waals surface area (Å²) in [6.07, 6.45) is 0.756. The van der Waals surface area contributed by atoms with Crippen LogP contribution in [0.4, 0.5) is 0 Å². The summed E-state index contributed by atoms with van der Waals surface area (Å²) in [4.78, 5) is 29.0. The second-order valence-electron chi connectivity index (χ2n) is 7.03. The van der Waals surface area contributed by atoms with Gasteiger partial charge in [-0.05, 0) is 56.2 Å². The van der Waals surface area contributed by atoms with Crippen LogP contribution in [0, 0.1) is 6.92 Å². The highest BCUT2D eigenvalue weighted by Crippen LogP contribution is 2.18. The highest BCUT2D eigenvalue weighted by atomic mass is 16.5. The molecule has 0 atom stereocenters. The van der Waals surface area contributed by atoms with Gasteiger partial charge in [-0.3, -0.25) is 9.59 Å².